The van der Waals surface area contributed by atoms with E-state index in [0.29, 0.717) is 11.6 Å². The van der Waals surface area contributed by atoms with Crippen LogP contribution >= 0.6 is 0 Å². The summed E-state index contributed by atoms with van der Waals surface area (Å²) in [6.45, 7) is 0. The first-order chi connectivity index (χ1) is 15.9. The van der Waals surface area contributed by atoms with Crippen LogP contribution in [-0.4, -0.2) is 36.8 Å². The molecule has 0 saturated carbocycles. The third-order valence-electron chi connectivity index (χ3n) is 4.51. The molecule has 3 rings (SSSR count). The average Bonchev–Trinajstić information content (AvgIpc) is 2.77. The van der Waals surface area contributed by atoms with Crippen LogP contribution in [0.15, 0.2) is 76.5 Å². The summed E-state index contributed by atoms with van der Waals surface area (Å²) < 4.78 is 66.2. The van der Waals surface area contributed by atoms with Crippen LogP contribution in [0.25, 0.3) is 12.2 Å². The van der Waals surface area contributed by atoms with E-state index < -0.39 is 46.5 Å². The van der Waals surface area contributed by atoms with Gasteiger partial charge in [-0.25, -0.2) is 0 Å². The number of non-ortho nitro benzene ring substituents is 1. The van der Waals surface area contributed by atoms with E-state index in [0.717, 1.165) is 30.4 Å². The van der Waals surface area contributed by atoms with E-state index in [4.69, 9.17) is 0 Å². The van der Waals surface area contributed by atoms with Gasteiger partial charge in [0.1, 0.15) is 9.79 Å². The van der Waals surface area contributed by atoms with E-state index in [2.05, 4.69) is 5.32 Å². The summed E-state index contributed by atoms with van der Waals surface area (Å²) in [6.07, 6.45) is 2.22. The summed E-state index contributed by atoms with van der Waals surface area (Å²) in [5.41, 5.74) is -0.457. The van der Waals surface area contributed by atoms with E-state index in [9.17, 15) is 40.8 Å². The number of hydrogen-bond donors (Lipinski definition) is 3. The smallest absolute Gasteiger partial charge is 0.295 e. The van der Waals surface area contributed by atoms with Crippen molar-refractivity contribution < 1.29 is 35.7 Å². The van der Waals surface area contributed by atoms with Crippen LogP contribution < -0.4 is 5.32 Å². The van der Waals surface area contributed by atoms with Gasteiger partial charge < -0.3 is 5.32 Å². The molecule has 3 N–H and O–H groups in total. The van der Waals surface area contributed by atoms with Crippen molar-refractivity contribution in [1.29, 1.82) is 0 Å². The van der Waals surface area contributed by atoms with Crippen molar-refractivity contribution in [3.63, 3.8) is 0 Å². The number of carbonyl (C=O) groups excluding carboxylic acids is 1. The molecule has 34 heavy (non-hydrogen) atoms. The minimum Gasteiger partial charge on any atom is -0.322 e. The molecule has 0 bridgehead atoms. The minimum atomic E-state index is -4.85. The van der Waals surface area contributed by atoms with Gasteiger partial charge in [0.2, 0.25) is 0 Å². The highest BCUT2D eigenvalue weighted by atomic mass is 32.2. The number of nitrogens with zero attached hydrogens (tertiary/aromatic N) is 1. The third-order valence-corrected chi connectivity index (χ3v) is 6.33. The third kappa shape index (κ3) is 5.90. The monoisotopic (exact) mass is 504 g/mol. The predicted octanol–water partition coefficient (Wildman–Crippen LogP) is 3.51. The number of rotatable bonds is 7. The lowest BCUT2D eigenvalue weighted by atomic mass is 10.1. The van der Waals surface area contributed by atoms with Crippen LogP contribution in [0.4, 0.5) is 11.4 Å². The highest BCUT2D eigenvalue weighted by Crippen LogP contribution is 2.27. The van der Waals surface area contributed by atoms with Gasteiger partial charge in [-0.3, -0.25) is 24.0 Å². The Bertz CT molecular complexity index is 1520. The SMILES string of the molecule is O=C(Nc1ccc(/C=C/c2ccc([N+](=O)[O-])cc2S(=O)(=O)O)c(S(=O)(=O)O)c1)c1ccccc1. The second-order valence-corrected chi connectivity index (χ2v) is 9.62. The van der Waals surface area contributed by atoms with Crippen molar-refractivity contribution in [3.8, 4) is 0 Å². The number of nitrogens with one attached hydrogen (secondary N) is 1. The minimum absolute atomic E-state index is 0.0626. The first-order valence-corrected chi connectivity index (χ1v) is 12.2. The maximum Gasteiger partial charge on any atom is 0.295 e. The van der Waals surface area contributed by atoms with Crippen LogP contribution in [0, 0.1) is 10.1 Å². The Hall–Kier alpha value is -3.91. The molecule has 0 spiro atoms. The molecule has 0 aliphatic heterocycles. The molecule has 0 atom stereocenters. The van der Waals surface area contributed by atoms with Gasteiger partial charge in [-0.1, -0.05) is 36.4 Å². The molecule has 0 aromatic heterocycles. The molecule has 1 amide bonds. The fourth-order valence-corrected chi connectivity index (χ4v) is 4.36. The quantitative estimate of drug-likeness (QED) is 0.188. The number of carbonyl (C=O) groups is 1. The zero-order valence-electron chi connectivity index (χ0n) is 17.0. The van der Waals surface area contributed by atoms with Crippen LogP contribution in [0.3, 0.4) is 0 Å². The van der Waals surface area contributed by atoms with Crippen LogP contribution in [0.2, 0.25) is 0 Å². The Morgan fingerprint density at radius 3 is 1.88 bits per heavy atom. The molecule has 0 saturated heterocycles. The largest absolute Gasteiger partial charge is 0.322 e. The lowest BCUT2D eigenvalue weighted by molar-refractivity contribution is -0.385. The Balaban J connectivity index is 2.01. The standard InChI is InChI=1S/C21H16N2O9S2/c24-21(16-4-2-1-3-5-16)22-17-10-8-14(19(12-17)33(27,28)29)6-7-15-9-11-18(23(25)26)13-20(15)34(30,31)32/h1-13H,(H,22,24)(H,27,28,29)(H,30,31,32)/b7-6+. The number of anilines is 1. The summed E-state index contributed by atoms with van der Waals surface area (Å²) in [5, 5.41) is 13.4. The van der Waals surface area contributed by atoms with E-state index >= 15 is 0 Å². The second-order valence-electron chi connectivity index (χ2n) is 6.84. The Kier molecular flexibility index (Phi) is 6.93. The molecular formula is C21H16N2O9S2. The molecule has 0 aliphatic carbocycles. The molecule has 0 aliphatic rings. The molecule has 3 aromatic carbocycles. The Morgan fingerprint density at radius 2 is 1.35 bits per heavy atom. The summed E-state index contributed by atoms with van der Waals surface area (Å²) >= 11 is 0. The fourth-order valence-electron chi connectivity index (χ4n) is 2.94. The van der Waals surface area contributed by atoms with Crippen molar-refractivity contribution >= 4 is 49.7 Å². The number of benzene rings is 3. The van der Waals surface area contributed by atoms with Gasteiger partial charge in [0.25, 0.3) is 31.8 Å². The average molecular weight is 504 g/mol. The van der Waals surface area contributed by atoms with Crippen molar-refractivity contribution in [2.45, 2.75) is 9.79 Å². The van der Waals surface area contributed by atoms with Crippen LogP contribution in [-0.2, 0) is 20.2 Å². The molecule has 0 fully saturated rings. The molecule has 3 aromatic rings. The maximum atomic E-state index is 12.3. The van der Waals surface area contributed by atoms with E-state index in [1.165, 1.54) is 12.1 Å². The van der Waals surface area contributed by atoms with Crippen molar-refractivity contribution in [3.05, 3.63) is 93.5 Å². The topological polar surface area (TPSA) is 181 Å². The lowest BCUT2D eigenvalue weighted by Gasteiger charge is -2.09. The van der Waals surface area contributed by atoms with Crippen molar-refractivity contribution in [2.24, 2.45) is 0 Å². The van der Waals surface area contributed by atoms with Crippen molar-refractivity contribution in [2.75, 3.05) is 5.32 Å². The second kappa shape index (κ2) is 9.52. The number of nitro groups is 1. The van der Waals surface area contributed by atoms with Gasteiger partial charge in [0.15, 0.2) is 0 Å². The van der Waals surface area contributed by atoms with Gasteiger partial charge in [0, 0.05) is 23.4 Å². The molecular weight excluding hydrogens is 488 g/mol. The van der Waals surface area contributed by atoms with Gasteiger partial charge >= 0.3 is 0 Å². The van der Waals surface area contributed by atoms with Gasteiger partial charge in [-0.05, 0) is 41.5 Å². The molecule has 0 unspecified atom stereocenters. The first-order valence-electron chi connectivity index (χ1n) is 9.28. The Labute approximate surface area is 194 Å². The zero-order valence-corrected chi connectivity index (χ0v) is 18.7. The summed E-state index contributed by atoms with van der Waals surface area (Å²) in [4.78, 5) is 21.0. The molecule has 0 heterocycles. The number of hydrogen-bond acceptors (Lipinski definition) is 7. The number of amides is 1. The molecule has 11 nitrogen and oxygen atoms in total. The van der Waals surface area contributed by atoms with Gasteiger partial charge in [-0.2, -0.15) is 16.8 Å². The van der Waals surface area contributed by atoms with Gasteiger partial charge in [0.05, 0.1) is 4.92 Å². The molecule has 13 heteroatoms. The van der Waals surface area contributed by atoms with Gasteiger partial charge in [-0.15, -0.1) is 0 Å². The fraction of sp³-hybridized carbons (Fsp3) is 0. The van der Waals surface area contributed by atoms with Crippen LogP contribution in [0.1, 0.15) is 21.5 Å². The summed E-state index contributed by atoms with van der Waals surface area (Å²) in [7, 11) is -9.63. The first kappa shape index (κ1) is 24.7. The zero-order chi connectivity index (χ0) is 25.1. The molecule has 176 valence electrons. The molecule has 0 radical (unpaired) electrons. The van der Waals surface area contributed by atoms with E-state index in [1.807, 2.05) is 0 Å². The van der Waals surface area contributed by atoms with Crippen molar-refractivity contribution in [1.82, 2.24) is 0 Å². The maximum absolute atomic E-state index is 12.3. The number of nitro benzene ring substituents is 1. The predicted molar refractivity (Wildman–Crippen MR) is 122 cm³/mol. The van der Waals surface area contributed by atoms with Crippen LogP contribution in [0.5, 0.6) is 0 Å². The van der Waals surface area contributed by atoms with E-state index in [-0.39, 0.29) is 16.8 Å². The lowest BCUT2D eigenvalue weighted by Crippen LogP contribution is -2.12. The van der Waals surface area contributed by atoms with E-state index in [1.54, 1.807) is 30.3 Å². The highest BCUT2D eigenvalue weighted by molar-refractivity contribution is 7.86. The summed E-state index contributed by atoms with van der Waals surface area (Å²) in [6, 6.07) is 14.4. The normalized spacial score (nSPS) is 11.9. The summed E-state index contributed by atoms with van der Waals surface area (Å²) in [5.74, 6) is -0.520. The highest BCUT2D eigenvalue weighted by Gasteiger charge is 2.20. The Morgan fingerprint density at radius 1 is 0.824 bits per heavy atom.